The quantitative estimate of drug-likeness (QED) is 0.873. The summed E-state index contributed by atoms with van der Waals surface area (Å²) >= 11 is 0. The lowest BCUT2D eigenvalue weighted by Gasteiger charge is -2.15. The van der Waals surface area contributed by atoms with Crippen molar-refractivity contribution >= 4 is 0 Å². The summed E-state index contributed by atoms with van der Waals surface area (Å²) in [5.41, 5.74) is 2.01. The molecule has 118 valence electrons. The molecule has 2 aromatic rings. The third-order valence-corrected chi connectivity index (χ3v) is 3.53. The lowest BCUT2D eigenvalue weighted by molar-refractivity contribution is -0.137. The van der Waals surface area contributed by atoms with Crippen molar-refractivity contribution in [3.05, 3.63) is 70.8 Å². The Morgan fingerprint density at radius 1 is 1.05 bits per heavy atom. The van der Waals surface area contributed by atoms with Crippen molar-refractivity contribution < 1.29 is 18.3 Å². The first kappa shape index (κ1) is 16.5. The highest BCUT2D eigenvalue weighted by Gasteiger charge is 2.29. The van der Waals surface area contributed by atoms with Crippen LogP contribution >= 0.6 is 0 Å². The van der Waals surface area contributed by atoms with E-state index in [1.807, 2.05) is 31.2 Å². The Morgan fingerprint density at radius 3 is 2.32 bits per heavy atom. The van der Waals surface area contributed by atoms with E-state index in [9.17, 15) is 13.2 Å². The van der Waals surface area contributed by atoms with E-state index in [1.165, 1.54) is 12.1 Å². The van der Waals surface area contributed by atoms with Gasteiger partial charge in [0, 0.05) is 12.6 Å². The van der Waals surface area contributed by atoms with Crippen LogP contribution < -0.4 is 5.32 Å². The molecule has 0 bridgehead atoms. The fourth-order valence-electron chi connectivity index (χ4n) is 2.16. The Morgan fingerprint density at radius 2 is 1.73 bits per heavy atom. The number of rotatable bonds is 5. The number of hydrogen-bond acceptors (Lipinski definition) is 2. The number of hydrogen-bond donors (Lipinski definition) is 2. The summed E-state index contributed by atoms with van der Waals surface area (Å²) in [6, 6.07) is 12.7. The SMILES string of the molecule is CC(NCc1ccc(C(F)(F)F)cc1)c1cccc(CO)c1. The molecule has 2 rings (SSSR count). The predicted molar refractivity (Wildman–Crippen MR) is 79.1 cm³/mol. The fraction of sp³-hybridized carbons (Fsp3) is 0.294. The zero-order valence-electron chi connectivity index (χ0n) is 12.2. The van der Waals surface area contributed by atoms with Crippen molar-refractivity contribution in [2.24, 2.45) is 0 Å². The van der Waals surface area contributed by atoms with E-state index in [0.717, 1.165) is 28.8 Å². The molecule has 5 heteroatoms. The van der Waals surface area contributed by atoms with Crippen molar-refractivity contribution in [2.75, 3.05) is 0 Å². The third-order valence-electron chi connectivity index (χ3n) is 3.53. The molecule has 0 saturated carbocycles. The molecular weight excluding hydrogens is 291 g/mol. The van der Waals surface area contributed by atoms with Gasteiger partial charge in [-0.05, 0) is 35.7 Å². The van der Waals surface area contributed by atoms with Gasteiger partial charge >= 0.3 is 6.18 Å². The Labute approximate surface area is 127 Å². The molecule has 0 amide bonds. The lowest BCUT2D eigenvalue weighted by Crippen LogP contribution is -2.18. The summed E-state index contributed by atoms with van der Waals surface area (Å²) in [5.74, 6) is 0. The Bertz CT molecular complexity index is 608. The second kappa shape index (κ2) is 6.94. The van der Waals surface area contributed by atoms with Gasteiger partial charge in [-0.15, -0.1) is 0 Å². The number of aliphatic hydroxyl groups is 1. The standard InChI is InChI=1S/C17H18F3NO/c1-12(15-4-2-3-14(9-15)11-22)21-10-13-5-7-16(8-6-13)17(18,19)20/h2-9,12,21-22H,10-11H2,1H3. The number of halogens is 3. The molecule has 0 aromatic heterocycles. The van der Waals surface area contributed by atoms with Crippen molar-refractivity contribution in [1.29, 1.82) is 0 Å². The van der Waals surface area contributed by atoms with E-state index in [0.29, 0.717) is 6.54 Å². The molecule has 0 spiro atoms. The Hall–Kier alpha value is -1.85. The van der Waals surface area contributed by atoms with Crippen LogP contribution in [-0.2, 0) is 19.3 Å². The van der Waals surface area contributed by atoms with Crippen LogP contribution in [0.15, 0.2) is 48.5 Å². The third kappa shape index (κ3) is 4.32. The van der Waals surface area contributed by atoms with Gasteiger partial charge in [0.25, 0.3) is 0 Å². The maximum Gasteiger partial charge on any atom is 0.416 e. The first-order valence-electron chi connectivity index (χ1n) is 6.99. The minimum atomic E-state index is -4.30. The molecule has 2 aromatic carbocycles. The second-order valence-corrected chi connectivity index (χ2v) is 5.20. The van der Waals surface area contributed by atoms with Gasteiger partial charge in [0.15, 0.2) is 0 Å². The minimum absolute atomic E-state index is 0.0144. The Balaban J connectivity index is 1.97. The monoisotopic (exact) mass is 309 g/mol. The summed E-state index contributed by atoms with van der Waals surface area (Å²) in [7, 11) is 0. The maximum atomic E-state index is 12.5. The molecule has 2 N–H and O–H groups in total. The van der Waals surface area contributed by atoms with Gasteiger partial charge in [-0.25, -0.2) is 0 Å². The zero-order chi connectivity index (χ0) is 16.2. The van der Waals surface area contributed by atoms with Crippen LogP contribution in [0.1, 0.15) is 35.2 Å². The van der Waals surface area contributed by atoms with E-state index in [-0.39, 0.29) is 12.6 Å². The molecule has 1 atom stereocenters. The highest BCUT2D eigenvalue weighted by molar-refractivity contribution is 5.27. The van der Waals surface area contributed by atoms with Gasteiger partial charge in [0.1, 0.15) is 0 Å². The van der Waals surface area contributed by atoms with Gasteiger partial charge in [-0.3, -0.25) is 0 Å². The average molecular weight is 309 g/mol. The molecular formula is C17H18F3NO. The van der Waals surface area contributed by atoms with E-state index < -0.39 is 11.7 Å². The largest absolute Gasteiger partial charge is 0.416 e. The number of alkyl halides is 3. The van der Waals surface area contributed by atoms with Crippen LogP contribution in [0.5, 0.6) is 0 Å². The van der Waals surface area contributed by atoms with Crippen LogP contribution in [0.3, 0.4) is 0 Å². The second-order valence-electron chi connectivity index (χ2n) is 5.20. The average Bonchev–Trinajstić information content (AvgIpc) is 2.52. The lowest BCUT2D eigenvalue weighted by atomic mass is 10.0. The molecule has 0 aliphatic carbocycles. The molecule has 1 unspecified atom stereocenters. The van der Waals surface area contributed by atoms with E-state index in [4.69, 9.17) is 5.11 Å². The normalized spacial score (nSPS) is 13.1. The highest BCUT2D eigenvalue weighted by Crippen LogP contribution is 2.29. The van der Waals surface area contributed by atoms with Gasteiger partial charge in [-0.1, -0.05) is 36.4 Å². The van der Waals surface area contributed by atoms with E-state index >= 15 is 0 Å². The summed E-state index contributed by atoms with van der Waals surface area (Å²) in [4.78, 5) is 0. The minimum Gasteiger partial charge on any atom is -0.392 e. The summed E-state index contributed by atoms with van der Waals surface area (Å²) in [6.45, 7) is 2.43. The molecule has 0 saturated heterocycles. The van der Waals surface area contributed by atoms with Gasteiger partial charge in [0.2, 0.25) is 0 Å². The topological polar surface area (TPSA) is 32.3 Å². The van der Waals surface area contributed by atoms with Gasteiger partial charge < -0.3 is 10.4 Å². The first-order chi connectivity index (χ1) is 10.4. The number of nitrogens with one attached hydrogen (secondary N) is 1. The van der Waals surface area contributed by atoms with Crippen LogP contribution in [0, 0.1) is 0 Å². The smallest absolute Gasteiger partial charge is 0.392 e. The zero-order valence-corrected chi connectivity index (χ0v) is 12.2. The fourth-order valence-corrected chi connectivity index (χ4v) is 2.16. The summed E-state index contributed by atoms with van der Waals surface area (Å²) < 4.78 is 37.5. The van der Waals surface area contributed by atoms with Gasteiger partial charge in [-0.2, -0.15) is 13.2 Å². The van der Waals surface area contributed by atoms with E-state index in [1.54, 1.807) is 0 Å². The number of aliphatic hydroxyl groups excluding tert-OH is 1. The summed E-state index contributed by atoms with van der Waals surface area (Å²) in [5, 5.41) is 12.4. The van der Waals surface area contributed by atoms with Crippen LogP contribution in [0.4, 0.5) is 13.2 Å². The summed E-state index contributed by atoms with van der Waals surface area (Å²) in [6.07, 6.45) is -4.30. The number of benzene rings is 2. The first-order valence-corrected chi connectivity index (χ1v) is 6.99. The molecule has 2 nitrogen and oxygen atoms in total. The van der Waals surface area contributed by atoms with Crippen molar-refractivity contribution in [2.45, 2.75) is 32.3 Å². The molecule has 0 fully saturated rings. The molecule has 0 aliphatic heterocycles. The maximum absolute atomic E-state index is 12.5. The highest BCUT2D eigenvalue weighted by atomic mass is 19.4. The van der Waals surface area contributed by atoms with Crippen LogP contribution in [0.25, 0.3) is 0 Å². The van der Waals surface area contributed by atoms with Crippen LogP contribution in [0.2, 0.25) is 0 Å². The molecule has 0 aliphatic rings. The molecule has 22 heavy (non-hydrogen) atoms. The molecule has 0 radical (unpaired) electrons. The van der Waals surface area contributed by atoms with Crippen molar-refractivity contribution in [3.63, 3.8) is 0 Å². The van der Waals surface area contributed by atoms with Crippen LogP contribution in [-0.4, -0.2) is 5.11 Å². The van der Waals surface area contributed by atoms with E-state index in [2.05, 4.69) is 5.32 Å². The molecule has 0 heterocycles. The Kier molecular flexibility index (Phi) is 5.21. The van der Waals surface area contributed by atoms with Crippen molar-refractivity contribution in [1.82, 2.24) is 5.32 Å². The van der Waals surface area contributed by atoms with Gasteiger partial charge in [0.05, 0.1) is 12.2 Å². The predicted octanol–water partition coefficient (Wildman–Crippen LogP) is 4.05. The van der Waals surface area contributed by atoms with Crippen molar-refractivity contribution in [3.8, 4) is 0 Å².